The highest BCUT2D eigenvalue weighted by atomic mass is 16.2. The molecule has 21 heavy (non-hydrogen) atoms. The van der Waals surface area contributed by atoms with Crippen LogP contribution >= 0.6 is 0 Å². The number of carbonyl (C=O) groups excluding carboxylic acids is 1. The standard InChI is InChI=1S/C10H14N10O/c1-19-3-2-6(7(19)21)14-8-15-9(18-11)17-10(16-8)20-5-12-4-13-20/h4-6H,2-3,11H2,1H3,(H2,14,15,16,17,18). The van der Waals surface area contributed by atoms with E-state index >= 15 is 0 Å². The summed E-state index contributed by atoms with van der Waals surface area (Å²) >= 11 is 0. The minimum atomic E-state index is -0.355. The molecule has 2 aromatic rings. The number of hydrogen-bond donors (Lipinski definition) is 3. The molecule has 1 unspecified atom stereocenters. The number of carbonyl (C=O) groups is 1. The summed E-state index contributed by atoms with van der Waals surface area (Å²) in [6.45, 7) is 0.694. The fourth-order valence-electron chi connectivity index (χ4n) is 2.02. The second-order valence-corrected chi connectivity index (χ2v) is 4.51. The summed E-state index contributed by atoms with van der Waals surface area (Å²) in [5.74, 6) is 6.01. The SMILES string of the molecule is CN1CCC(Nc2nc(NN)nc(-n3cncn3)n2)C1=O. The number of nitrogens with two attached hydrogens (primary N) is 1. The topological polar surface area (TPSA) is 140 Å². The molecule has 0 saturated carbocycles. The first-order chi connectivity index (χ1) is 10.2. The van der Waals surface area contributed by atoms with Crippen molar-refractivity contribution in [1.29, 1.82) is 0 Å². The van der Waals surface area contributed by atoms with Crippen molar-refractivity contribution in [2.24, 2.45) is 5.84 Å². The molecule has 11 heteroatoms. The molecule has 0 radical (unpaired) electrons. The highest BCUT2D eigenvalue weighted by Crippen LogP contribution is 2.14. The Hall–Kier alpha value is -2.82. The summed E-state index contributed by atoms with van der Waals surface area (Å²) in [5, 5.41) is 6.93. The third-order valence-electron chi connectivity index (χ3n) is 3.11. The van der Waals surface area contributed by atoms with Gasteiger partial charge in [0.2, 0.25) is 17.8 Å². The molecule has 1 aliphatic rings. The fourth-order valence-corrected chi connectivity index (χ4v) is 2.02. The summed E-state index contributed by atoms with van der Waals surface area (Å²) in [6, 6.07) is -0.355. The Bertz CT molecular complexity index is 641. The molecular formula is C10H14N10O. The molecule has 0 aliphatic carbocycles. The largest absolute Gasteiger partial charge is 0.344 e. The summed E-state index contributed by atoms with van der Waals surface area (Å²) in [6.07, 6.45) is 3.50. The number of rotatable bonds is 4. The van der Waals surface area contributed by atoms with Gasteiger partial charge in [0.1, 0.15) is 18.7 Å². The van der Waals surface area contributed by atoms with E-state index in [9.17, 15) is 4.79 Å². The number of nitrogens with zero attached hydrogens (tertiary/aromatic N) is 7. The van der Waals surface area contributed by atoms with Crippen LogP contribution in [0.3, 0.4) is 0 Å². The van der Waals surface area contributed by atoms with Crippen LogP contribution in [0, 0.1) is 0 Å². The number of nitrogens with one attached hydrogen (secondary N) is 2. The number of hydrogen-bond acceptors (Lipinski definition) is 9. The van der Waals surface area contributed by atoms with E-state index in [1.165, 1.54) is 17.3 Å². The molecule has 0 bridgehead atoms. The van der Waals surface area contributed by atoms with E-state index in [-0.39, 0.29) is 29.8 Å². The molecule has 110 valence electrons. The first kappa shape index (κ1) is 13.2. The van der Waals surface area contributed by atoms with Gasteiger partial charge in [-0.2, -0.15) is 24.7 Å². The molecule has 4 N–H and O–H groups in total. The molecule has 0 spiro atoms. The van der Waals surface area contributed by atoms with E-state index in [0.717, 1.165) is 0 Å². The molecule has 11 nitrogen and oxygen atoms in total. The molecule has 1 saturated heterocycles. The lowest BCUT2D eigenvalue weighted by atomic mass is 10.2. The number of likely N-dealkylation sites (tertiary alicyclic amines) is 1. The van der Waals surface area contributed by atoms with Crippen LogP contribution in [0.5, 0.6) is 0 Å². The van der Waals surface area contributed by atoms with Gasteiger partial charge in [-0.15, -0.1) is 0 Å². The predicted molar refractivity (Wildman–Crippen MR) is 72.2 cm³/mol. The van der Waals surface area contributed by atoms with Gasteiger partial charge in [-0.3, -0.25) is 10.2 Å². The quantitative estimate of drug-likeness (QED) is 0.447. The second kappa shape index (κ2) is 5.28. The van der Waals surface area contributed by atoms with Crippen molar-refractivity contribution in [3.05, 3.63) is 12.7 Å². The third-order valence-corrected chi connectivity index (χ3v) is 3.11. The Morgan fingerprint density at radius 1 is 1.33 bits per heavy atom. The number of amides is 1. The van der Waals surface area contributed by atoms with Gasteiger partial charge >= 0.3 is 0 Å². The Balaban J connectivity index is 1.88. The average Bonchev–Trinajstić information content (AvgIpc) is 3.13. The van der Waals surface area contributed by atoms with Gasteiger partial charge in [-0.1, -0.05) is 0 Å². The lowest BCUT2D eigenvalue weighted by Gasteiger charge is -2.13. The molecule has 3 heterocycles. The fraction of sp³-hybridized carbons (Fsp3) is 0.400. The van der Waals surface area contributed by atoms with Gasteiger partial charge < -0.3 is 10.2 Å². The second-order valence-electron chi connectivity index (χ2n) is 4.51. The number of likely N-dealkylation sites (N-methyl/N-ethyl adjacent to an activating group) is 1. The summed E-state index contributed by atoms with van der Waals surface area (Å²) in [4.78, 5) is 29.7. The zero-order valence-electron chi connectivity index (χ0n) is 11.3. The highest BCUT2D eigenvalue weighted by Gasteiger charge is 2.29. The monoisotopic (exact) mass is 290 g/mol. The van der Waals surface area contributed by atoms with Crippen LogP contribution in [-0.2, 0) is 4.79 Å². The van der Waals surface area contributed by atoms with Crippen molar-refractivity contribution < 1.29 is 4.79 Å². The van der Waals surface area contributed by atoms with E-state index in [4.69, 9.17) is 5.84 Å². The zero-order chi connectivity index (χ0) is 14.8. The molecule has 0 aromatic carbocycles. The maximum atomic E-state index is 11.9. The van der Waals surface area contributed by atoms with Crippen molar-refractivity contribution in [1.82, 2.24) is 34.6 Å². The van der Waals surface area contributed by atoms with Crippen molar-refractivity contribution >= 4 is 17.8 Å². The minimum Gasteiger partial charge on any atom is -0.344 e. The highest BCUT2D eigenvalue weighted by molar-refractivity contribution is 5.86. The normalized spacial score (nSPS) is 18.1. The predicted octanol–water partition coefficient (Wildman–Crippen LogP) is -1.62. The van der Waals surface area contributed by atoms with E-state index < -0.39 is 0 Å². The van der Waals surface area contributed by atoms with Crippen LogP contribution in [0.25, 0.3) is 5.95 Å². The van der Waals surface area contributed by atoms with Gasteiger partial charge in [0.15, 0.2) is 0 Å². The van der Waals surface area contributed by atoms with E-state index in [0.29, 0.717) is 13.0 Å². The van der Waals surface area contributed by atoms with E-state index in [1.54, 1.807) is 11.9 Å². The summed E-state index contributed by atoms with van der Waals surface area (Å²) in [5.41, 5.74) is 2.36. The van der Waals surface area contributed by atoms with Gasteiger partial charge in [-0.05, 0) is 6.42 Å². The lowest BCUT2D eigenvalue weighted by Crippen LogP contribution is -2.32. The molecule has 2 aromatic heterocycles. The van der Waals surface area contributed by atoms with Crippen LogP contribution in [0.4, 0.5) is 11.9 Å². The van der Waals surface area contributed by atoms with E-state index in [2.05, 4.69) is 35.8 Å². The Kier molecular flexibility index (Phi) is 3.31. The zero-order valence-corrected chi connectivity index (χ0v) is 11.3. The van der Waals surface area contributed by atoms with Crippen molar-refractivity contribution in [3.8, 4) is 5.95 Å². The van der Waals surface area contributed by atoms with Crippen molar-refractivity contribution in [3.63, 3.8) is 0 Å². The number of hydrazine groups is 1. The third kappa shape index (κ3) is 2.58. The molecular weight excluding hydrogens is 276 g/mol. The maximum Gasteiger partial charge on any atom is 0.258 e. The summed E-state index contributed by atoms with van der Waals surface area (Å²) in [7, 11) is 1.76. The Labute approximate surface area is 119 Å². The number of anilines is 2. The lowest BCUT2D eigenvalue weighted by molar-refractivity contribution is -0.127. The van der Waals surface area contributed by atoms with Crippen molar-refractivity contribution in [2.75, 3.05) is 24.3 Å². The number of nitrogen functional groups attached to an aromatic ring is 1. The van der Waals surface area contributed by atoms with Crippen LogP contribution in [0.2, 0.25) is 0 Å². The smallest absolute Gasteiger partial charge is 0.258 e. The van der Waals surface area contributed by atoms with Gasteiger partial charge in [0, 0.05) is 13.6 Å². The molecule has 1 fully saturated rings. The molecule has 1 amide bonds. The van der Waals surface area contributed by atoms with E-state index in [1.807, 2.05) is 0 Å². The van der Waals surface area contributed by atoms with Crippen LogP contribution in [0.15, 0.2) is 12.7 Å². The average molecular weight is 290 g/mol. The van der Waals surface area contributed by atoms with Gasteiger partial charge in [-0.25, -0.2) is 10.8 Å². The molecule has 1 atom stereocenters. The van der Waals surface area contributed by atoms with Gasteiger partial charge in [0.05, 0.1) is 0 Å². The maximum absolute atomic E-state index is 11.9. The van der Waals surface area contributed by atoms with Crippen LogP contribution in [-0.4, -0.2) is 60.2 Å². The molecule has 1 aliphatic heterocycles. The first-order valence-corrected chi connectivity index (χ1v) is 6.26. The van der Waals surface area contributed by atoms with Crippen LogP contribution < -0.4 is 16.6 Å². The van der Waals surface area contributed by atoms with Crippen molar-refractivity contribution in [2.45, 2.75) is 12.5 Å². The number of aromatic nitrogens is 6. The molecule has 3 rings (SSSR count). The summed E-state index contributed by atoms with van der Waals surface area (Å²) < 4.78 is 1.37. The first-order valence-electron chi connectivity index (χ1n) is 6.26. The Morgan fingerprint density at radius 2 is 2.14 bits per heavy atom. The van der Waals surface area contributed by atoms with Gasteiger partial charge in [0.25, 0.3) is 5.95 Å². The minimum absolute atomic E-state index is 0.0000225. The Morgan fingerprint density at radius 3 is 2.76 bits per heavy atom. The van der Waals surface area contributed by atoms with Crippen LogP contribution in [0.1, 0.15) is 6.42 Å².